The lowest BCUT2D eigenvalue weighted by atomic mass is 10.3. The molecule has 0 saturated carbocycles. The summed E-state index contributed by atoms with van der Waals surface area (Å²) >= 11 is 1.43. The van der Waals surface area contributed by atoms with Crippen molar-refractivity contribution in [3.63, 3.8) is 0 Å². The van der Waals surface area contributed by atoms with Crippen molar-refractivity contribution in [2.24, 2.45) is 0 Å². The molecule has 6 nitrogen and oxygen atoms in total. The van der Waals surface area contributed by atoms with Gasteiger partial charge in [-0.3, -0.25) is 9.36 Å². The average Bonchev–Trinajstić information content (AvgIpc) is 3.16. The predicted octanol–water partition coefficient (Wildman–Crippen LogP) is 2.86. The molecule has 1 aliphatic rings. The molecule has 1 aromatic carbocycles. The van der Waals surface area contributed by atoms with Gasteiger partial charge in [0.2, 0.25) is 5.95 Å². The van der Waals surface area contributed by atoms with E-state index in [0.29, 0.717) is 13.0 Å². The van der Waals surface area contributed by atoms with Crippen molar-refractivity contribution >= 4 is 29.4 Å². The van der Waals surface area contributed by atoms with Gasteiger partial charge >= 0.3 is 5.97 Å². The first-order valence-corrected chi connectivity index (χ1v) is 8.71. The molecule has 2 aromatic rings. The summed E-state index contributed by atoms with van der Waals surface area (Å²) in [5.41, 5.74) is 1.10. The van der Waals surface area contributed by atoms with E-state index in [1.807, 2.05) is 32.0 Å². The molecule has 23 heavy (non-hydrogen) atoms. The minimum atomic E-state index is -0.242. The van der Waals surface area contributed by atoms with E-state index in [2.05, 4.69) is 31.8 Å². The lowest BCUT2D eigenvalue weighted by Gasteiger charge is -2.14. The topological polar surface area (TPSA) is 60.2 Å². The number of thioether (sulfide) groups is 1. The fourth-order valence-electron chi connectivity index (χ4n) is 2.58. The van der Waals surface area contributed by atoms with Crippen LogP contribution < -0.4 is 4.90 Å². The molecule has 0 amide bonds. The summed E-state index contributed by atoms with van der Waals surface area (Å²) in [6, 6.07) is 10.1. The lowest BCUT2D eigenvalue weighted by Crippen LogP contribution is -2.20. The number of hydrogen-bond donors (Lipinski definition) is 0. The third-order valence-electron chi connectivity index (χ3n) is 3.72. The number of esters is 1. The van der Waals surface area contributed by atoms with E-state index in [1.165, 1.54) is 11.8 Å². The monoisotopic (exact) mass is 332 g/mol. The Labute approximate surface area is 139 Å². The molecule has 0 spiro atoms. The Morgan fingerprint density at radius 1 is 1.26 bits per heavy atom. The molecule has 1 atom stereocenters. The number of benzene rings is 1. The van der Waals surface area contributed by atoms with Crippen LogP contribution in [0.4, 0.5) is 11.6 Å². The van der Waals surface area contributed by atoms with Gasteiger partial charge < -0.3 is 9.64 Å². The van der Waals surface area contributed by atoms with Crippen LogP contribution in [0, 0.1) is 0 Å². The van der Waals surface area contributed by atoms with Crippen LogP contribution in [0.15, 0.2) is 35.5 Å². The molecule has 0 fully saturated rings. The Hall–Kier alpha value is -2.02. The molecule has 0 bridgehead atoms. The molecule has 0 N–H and O–H groups in total. The predicted molar refractivity (Wildman–Crippen MR) is 90.0 cm³/mol. The number of aromatic nitrogens is 3. The Bertz CT molecular complexity index is 674. The SMILES string of the molecule is CCOC(=O)[C@@H](CC)Sc1nnc2n1CCN2c1ccccc1. The van der Waals surface area contributed by atoms with E-state index >= 15 is 0 Å². The summed E-state index contributed by atoms with van der Waals surface area (Å²) < 4.78 is 7.19. The molecule has 3 rings (SSSR count). The van der Waals surface area contributed by atoms with Gasteiger partial charge in [-0.1, -0.05) is 36.9 Å². The fourth-order valence-corrected chi connectivity index (χ4v) is 3.55. The lowest BCUT2D eigenvalue weighted by molar-refractivity contribution is -0.142. The second kappa shape index (κ2) is 7.04. The zero-order valence-electron chi connectivity index (χ0n) is 13.3. The highest BCUT2D eigenvalue weighted by atomic mass is 32.2. The molecule has 2 heterocycles. The Balaban J connectivity index is 1.79. The van der Waals surface area contributed by atoms with Crippen molar-refractivity contribution < 1.29 is 9.53 Å². The smallest absolute Gasteiger partial charge is 0.319 e. The van der Waals surface area contributed by atoms with E-state index in [-0.39, 0.29) is 11.2 Å². The number of fused-ring (bicyclic) bond motifs is 1. The number of carbonyl (C=O) groups excluding carboxylic acids is 1. The van der Waals surface area contributed by atoms with Gasteiger partial charge in [0.15, 0.2) is 5.16 Å². The van der Waals surface area contributed by atoms with Crippen molar-refractivity contribution in [2.75, 3.05) is 18.1 Å². The molecular formula is C16H20N4O2S. The van der Waals surface area contributed by atoms with Crippen molar-refractivity contribution in [1.29, 1.82) is 0 Å². The normalized spacial score (nSPS) is 14.6. The number of carbonyl (C=O) groups is 1. The zero-order valence-corrected chi connectivity index (χ0v) is 14.1. The van der Waals surface area contributed by atoms with Crippen LogP contribution in [0.1, 0.15) is 20.3 Å². The minimum absolute atomic E-state index is 0.185. The molecule has 0 saturated heterocycles. The van der Waals surface area contributed by atoms with Gasteiger partial charge in [0, 0.05) is 18.8 Å². The van der Waals surface area contributed by atoms with E-state index in [4.69, 9.17) is 4.74 Å². The fraction of sp³-hybridized carbons (Fsp3) is 0.438. The Kier molecular flexibility index (Phi) is 4.85. The standard InChI is InChI=1S/C16H20N4O2S/c1-3-13(14(21)22-4-2)23-16-18-17-15-19(10-11-20(15)16)12-8-6-5-7-9-12/h5-9,13H,3-4,10-11H2,1-2H3/t13-/m1/s1. The molecular weight excluding hydrogens is 312 g/mol. The summed E-state index contributed by atoms with van der Waals surface area (Å²) in [6.45, 7) is 5.88. The highest BCUT2D eigenvalue weighted by Crippen LogP contribution is 2.34. The largest absolute Gasteiger partial charge is 0.465 e. The van der Waals surface area contributed by atoms with Gasteiger partial charge in [0.25, 0.3) is 0 Å². The number of rotatable bonds is 6. The first kappa shape index (κ1) is 15.9. The van der Waals surface area contributed by atoms with Crippen molar-refractivity contribution in [3.8, 4) is 0 Å². The Morgan fingerprint density at radius 3 is 2.74 bits per heavy atom. The molecule has 0 aliphatic carbocycles. The maximum absolute atomic E-state index is 12.0. The molecule has 1 aromatic heterocycles. The summed E-state index contributed by atoms with van der Waals surface area (Å²) in [5.74, 6) is 0.646. The summed E-state index contributed by atoms with van der Waals surface area (Å²) in [5, 5.41) is 9.12. The van der Waals surface area contributed by atoms with Crippen LogP contribution in [-0.4, -0.2) is 39.1 Å². The third kappa shape index (κ3) is 3.19. The minimum Gasteiger partial charge on any atom is -0.465 e. The van der Waals surface area contributed by atoms with Crippen molar-refractivity contribution in [3.05, 3.63) is 30.3 Å². The Morgan fingerprint density at radius 2 is 2.04 bits per heavy atom. The second-order valence-electron chi connectivity index (χ2n) is 5.19. The number of nitrogens with zero attached hydrogens (tertiary/aromatic N) is 4. The summed E-state index contributed by atoms with van der Waals surface area (Å²) in [6.07, 6.45) is 0.702. The van der Waals surface area contributed by atoms with E-state index in [9.17, 15) is 4.79 Å². The average molecular weight is 332 g/mol. The zero-order chi connectivity index (χ0) is 16.2. The van der Waals surface area contributed by atoms with Crippen LogP contribution in [0.3, 0.4) is 0 Å². The number of hydrogen-bond acceptors (Lipinski definition) is 6. The quantitative estimate of drug-likeness (QED) is 0.599. The summed E-state index contributed by atoms with van der Waals surface area (Å²) in [7, 11) is 0. The first-order chi connectivity index (χ1) is 11.2. The van der Waals surface area contributed by atoms with Crippen molar-refractivity contribution in [2.45, 2.75) is 37.2 Å². The molecule has 0 radical (unpaired) electrons. The van der Waals surface area contributed by atoms with E-state index in [0.717, 1.165) is 29.9 Å². The molecule has 1 aliphatic heterocycles. The third-order valence-corrected chi connectivity index (χ3v) is 5.04. The summed E-state index contributed by atoms with van der Waals surface area (Å²) in [4.78, 5) is 14.1. The van der Waals surface area contributed by atoms with Crippen LogP contribution in [-0.2, 0) is 16.1 Å². The highest BCUT2D eigenvalue weighted by molar-refractivity contribution is 8.00. The van der Waals surface area contributed by atoms with Crippen LogP contribution in [0.2, 0.25) is 0 Å². The van der Waals surface area contributed by atoms with E-state index < -0.39 is 0 Å². The van der Waals surface area contributed by atoms with Gasteiger partial charge in [-0.05, 0) is 25.5 Å². The number of anilines is 2. The van der Waals surface area contributed by atoms with Crippen molar-refractivity contribution in [1.82, 2.24) is 14.8 Å². The van der Waals surface area contributed by atoms with Gasteiger partial charge in [-0.25, -0.2) is 0 Å². The number of ether oxygens (including phenoxy) is 1. The van der Waals surface area contributed by atoms with Gasteiger partial charge in [0.1, 0.15) is 5.25 Å². The first-order valence-electron chi connectivity index (χ1n) is 7.83. The molecule has 0 unspecified atom stereocenters. The maximum atomic E-state index is 12.0. The van der Waals surface area contributed by atoms with Crippen LogP contribution in [0.25, 0.3) is 0 Å². The van der Waals surface area contributed by atoms with E-state index in [1.54, 1.807) is 0 Å². The van der Waals surface area contributed by atoms with Crippen LogP contribution in [0.5, 0.6) is 0 Å². The van der Waals surface area contributed by atoms with Crippen LogP contribution >= 0.6 is 11.8 Å². The number of para-hydroxylation sites is 1. The van der Waals surface area contributed by atoms with Gasteiger partial charge in [0.05, 0.1) is 6.61 Å². The molecule has 122 valence electrons. The van der Waals surface area contributed by atoms with Gasteiger partial charge in [-0.2, -0.15) is 0 Å². The molecule has 7 heteroatoms. The van der Waals surface area contributed by atoms with Gasteiger partial charge in [-0.15, -0.1) is 10.2 Å². The highest BCUT2D eigenvalue weighted by Gasteiger charge is 2.29. The second-order valence-corrected chi connectivity index (χ2v) is 6.36. The maximum Gasteiger partial charge on any atom is 0.319 e.